The number of aliphatic carboxylic acids is 1. The molecule has 2 aliphatic heterocycles. The van der Waals surface area contributed by atoms with Crippen LogP contribution in [0.15, 0.2) is 52.8 Å². The van der Waals surface area contributed by atoms with Gasteiger partial charge in [0, 0.05) is 5.92 Å². The average molecular weight is 626 g/mol. The molecular formula is C28H30F3N3O8S. The lowest BCUT2D eigenvalue weighted by Crippen LogP contribution is -2.67. The molecule has 4 atom stereocenters. The first-order valence-electron chi connectivity index (χ1n) is 13.2. The Balaban J connectivity index is 1.64. The largest absolute Gasteiger partial charge is 0.490 e. The number of amides is 3. The highest BCUT2D eigenvalue weighted by atomic mass is 32.2. The number of carboxylic acid groups (broad SMARTS) is 1. The third-order valence-corrected chi connectivity index (χ3v) is 8.63. The van der Waals surface area contributed by atoms with Crippen molar-refractivity contribution < 1.29 is 51.3 Å². The molecule has 4 rings (SSSR count). The van der Waals surface area contributed by atoms with Gasteiger partial charge >= 0.3 is 24.1 Å². The van der Waals surface area contributed by atoms with E-state index in [0.29, 0.717) is 16.0 Å². The Morgan fingerprint density at radius 1 is 1.16 bits per heavy atom. The number of imide groups is 1. The minimum absolute atomic E-state index is 0.141. The van der Waals surface area contributed by atoms with Gasteiger partial charge in [0.05, 0.1) is 42.2 Å². The van der Waals surface area contributed by atoms with E-state index in [0.717, 1.165) is 4.90 Å². The molecule has 3 amide bonds. The number of carbonyl (C=O) groups is 4. The van der Waals surface area contributed by atoms with E-state index in [1.54, 1.807) is 37.3 Å². The Bertz CT molecular complexity index is 1400. The molecule has 2 aromatic rings. The number of hydrogen-bond donors (Lipinski definition) is 1. The Morgan fingerprint density at radius 3 is 2.42 bits per heavy atom. The summed E-state index contributed by atoms with van der Waals surface area (Å²) in [6.07, 6.45) is -3.16. The van der Waals surface area contributed by atoms with Gasteiger partial charge in [-0.25, -0.2) is 24.3 Å². The number of rotatable bonds is 11. The van der Waals surface area contributed by atoms with Crippen molar-refractivity contribution in [1.29, 1.82) is 0 Å². The summed E-state index contributed by atoms with van der Waals surface area (Å²) in [5.74, 6) is -5.68. The predicted molar refractivity (Wildman–Crippen MR) is 146 cm³/mol. The number of thioether (sulfide) groups is 1. The molecule has 1 saturated heterocycles. The van der Waals surface area contributed by atoms with Crippen LogP contribution in [0.1, 0.15) is 45.3 Å². The Morgan fingerprint density at radius 2 is 1.84 bits per heavy atom. The third kappa shape index (κ3) is 6.56. The first kappa shape index (κ1) is 32.1. The number of urea groups is 1. The number of carboxylic acids is 1. The smallest absolute Gasteiger partial charge is 0.480 e. The van der Waals surface area contributed by atoms with Crippen molar-refractivity contribution in [3.8, 4) is 0 Å². The second-order valence-electron chi connectivity index (χ2n) is 10.7. The first-order chi connectivity index (χ1) is 20.1. The Hall–Kier alpha value is -3.85. The van der Waals surface area contributed by atoms with E-state index in [2.05, 4.69) is 9.72 Å². The molecule has 0 saturated carbocycles. The van der Waals surface area contributed by atoms with Gasteiger partial charge < -0.3 is 23.9 Å². The van der Waals surface area contributed by atoms with Crippen LogP contribution < -0.4 is 0 Å². The highest BCUT2D eigenvalue weighted by Gasteiger charge is 2.57. The van der Waals surface area contributed by atoms with Crippen LogP contribution in [0.3, 0.4) is 0 Å². The molecule has 2 aliphatic rings. The molecule has 0 aliphatic carbocycles. The summed E-state index contributed by atoms with van der Waals surface area (Å²) >= 11 is 1.19. The quantitative estimate of drug-likeness (QED) is 0.349. The van der Waals surface area contributed by atoms with Crippen molar-refractivity contribution in [2.75, 3.05) is 19.8 Å². The van der Waals surface area contributed by atoms with Crippen LogP contribution in [-0.2, 0) is 23.9 Å². The summed E-state index contributed by atoms with van der Waals surface area (Å²) in [5.41, 5.74) is -0.718. The van der Waals surface area contributed by atoms with Gasteiger partial charge in [0.15, 0.2) is 0 Å². The van der Waals surface area contributed by atoms with Crippen molar-refractivity contribution in [3.05, 3.63) is 59.8 Å². The molecule has 43 heavy (non-hydrogen) atoms. The van der Waals surface area contributed by atoms with Crippen LogP contribution in [0.2, 0.25) is 0 Å². The summed E-state index contributed by atoms with van der Waals surface area (Å²) in [7, 11) is 0. The van der Waals surface area contributed by atoms with Gasteiger partial charge in [-0.05, 0) is 31.9 Å². The van der Waals surface area contributed by atoms with E-state index >= 15 is 0 Å². The number of benzene rings is 1. The number of alkyl halides is 3. The highest BCUT2D eigenvalue weighted by Crippen LogP contribution is 2.52. The lowest BCUT2D eigenvalue weighted by Gasteiger charge is -2.47. The fourth-order valence-corrected chi connectivity index (χ4v) is 6.25. The van der Waals surface area contributed by atoms with E-state index in [1.807, 2.05) is 0 Å². The van der Waals surface area contributed by atoms with Gasteiger partial charge in [-0.15, -0.1) is 0 Å². The third-order valence-electron chi connectivity index (χ3n) is 7.13. The predicted octanol–water partition coefficient (Wildman–Crippen LogP) is 4.72. The lowest BCUT2D eigenvalue weighted by molar-refractivity contribution is -0.201. The summed E-state index contributed by atoms with van der Waals surface area (Å²) in [4.78, 5) is 57.9. The number of esters is 1. The first-order valence-corrected chi connectivity index (χ1v) is 14.1. The summed E-state index contributed by atoms with van der Waals surface area (Å²) in [6.45, 7) is 4.91. The van der Waals surface area contributed by atoms with Crippen LogP contribution in [0.25, 0.3) is 4.91 Å². The van der Waals surface area contributed by atoms with Gasteiger partial charge in [0.25, 0.3) is 0 Å². The number of hydrogen-bond acceptors (Lipinski definition) is 9. The summed E-state index contributed by atoms with van der Waals surface area (Å²) in [5, 5.41) is 9.14. The summed E-state index contributed by atoms with van der Waals surface area (Å²) < 4.78 is 53.5. The number of aromatic nitrogens is 1. The van der Waals surface area contributed by atoms with Crippen molar-refractivity contribution in [3.63, 3.8) is 0 Å². The molecule has 232 valence electrons. The molecule has 0 bridgehead atoms. The fourth-order valence-electron chi connectivity index (χ4n) is 4.73. The molecule has 2 unspecified atom stereocenters. The topological polar surface area (TPSA) is 139 Å². The zero-order chi connectivity index (χ0) is 31.7. The normalized spacial score (nSPS) is 20.7. The van der Waals surface area contributed by atoms with E-state index < -0.39 is 65.5 Å². The number of ether oxygens (including phenoxy) is 2. The zero-order valence-electron chi connectivity index (χ0n) is 23.7. The van der Waals surface area contributed by atoms with Gasteiger partial charge in [-0.3, -0.25) is 4.79 Å². The summed E-state index contributed by atoms with van der Waals surface area (Å²) in [6, 6.07) is 7.86. The standard InChI is InChI=1S/C28H30F3N3O8S/c1-15(14-42-25(38)28(29,30)31)13-41-18(17-8-6-5-7-9-17)12-33-23-19(16(2)20(43-23)21-32-10-11-40-21)22(35)34(26(33)39)27(3,4)24(36)37/h5-11,15,18-19,23H,12-14H2,1-4H3,(H,36,37)/t15-,18-,19?,23?/m0/s1. The molecule has 0 spiro atoms. The molecular weight excluding hydrogens is 595 g/mol. The maximum absolute atomic E-state index is 14.0. The van der Waals surface area contributed by atoms with Crippen molar-refractivity contribution >= 4 is 40.5 Å². The van der Waals surface area contributed by atoms with E-state index in [-0.39, 0.29) is 19.0 Å². The zero-order valence-corrected chi connectivity index (χ0v) is 24.5. The number of fused-ring (bicyclic) bond motifs is 1. The number of nitrogens with zero attached hydrogens (tertiary/aromatic N) is 3. The SMILES string of the molecule is CC1=C(c2ncco2)SC2C1C(=O)N(C(C)(C)C(=O)O)C(=O)N2C[C@H](OC[C@H](C)COC(=O)C(F)(F)F)c1ccccc1. The molecule has 1 N–H and O–H groups in total. The minimum Gasteiger partial charge on any atom is -0.480 e. The van der Waals surface area contributed by atoms with E-state index in [9.17, 15) is 37.5 Å². The number of carbonyl (C=O) groups excluding carboxylic acids is 3. The van der Waals surface area contributed by atoms with Gasteiger partial charge in [0.1, 0.15) is 17.9 Å². The monoisotopic (exact) mass is 625 g/mol. The Labute approximate surface area is 249 Å². The van der Waals surface area contributed by atoms with E-state index in [1.165, 1.54) is 49.9 Å². The van der Waals surface area contributed by atoms with Crippen molar-refractivity contribution in [2.45, 2.75) is 50.9 Å². The molecule has 3 heterocycles. The van der Waals surface area contributed by atoms with Crippen LogP contribution in [0, 0.1) is 11.8 Å². The molecule has 1 aromatic carbocycles. The maximum atomic E-state index is 14.0. The lowest BCUT2D eigenvalue weighted by atomic mass is 9.91. The number of halogens is 3. The van der Waals surface area contributed by atoms with Crippen LogP contribution in [0.5, 0.6) is 0 Å². The van der Waals surface area contributed by atoms with Gasteiger partial charge in [-0.2, -0.15) is 13.2 Å². The minimum atomic E-state index is -5.12. The average Bonchev–Trinajstić information content (AvgIpc) is 3.59. The van der Waals surface area contributed by atoms with Gasteiger partial charge in [0.2, 0.25) is 11.8 Å². The Kier molecular flexibility index (Phi) is 9.25. The molecule has 1 aromatic heterocycles. The number of oxazole rings is 1. The van der Waals surface area contributed by atoms with Crippen molar-refractivity contribution in [2.24, 2.45) is 11.8 Å². The molecule has 0 radical (unpaired) electrons. The fraction of sp³-hybridized carbons (Fsp3) is 0.464. The van der Waals surface area contributed by atoms with Crippen LogP contribution in [-0.4, -0.2) is 80.6 Å². The highest BCUT2D eigenvalue weighted by molar-refractivity contribution is 8.09. The maximum Gasteiger partial charge on any atom is 0.490 e. The van der Waals surface area contributed by atoms with Crippen molar-refractivity contribution in [1.82, 2.24) is 14.8 Å². The van der Waals surface area contributed by atoms with E-state index in [4.69, 9.17) is 9.15 Å². The second-order valence-corrected chi connectivity index (χ2v) is 11.9. The van der Waals surface area contributed by atoms with Crippen LogP contribution >= 0.6 is 11.8 Å². The molecule has 11 nitrogen and oxygen atoms in total. The van der Waals surface area contributed by atoms with Crippen LogP contribution in [0.4, 0.5) is 18.0 Å². The molecule has 1 fully saturated rings. The van der Waals surface area contributed by atoms with Gasteiger partial charge in [-0.1, -0.05) is 49.0 Å². The molecule has 15 heteroatoms. The second kappa shape index (κ2) is 12.4.